The molecule has 2 aromatic carbocycles. The lowest BCUT2D eigenvalue weighted by atomic mass is 10.1. The summed E-state index contributed by atoms with van der Waals surface area (Å²) < 4.78 is 10.7. The first-order valence-corrected chi connectivity index (χ1v) is 11.5. The zero-order valence-corrected chi connectivity index (χ0v) is 19.4. The van der Waals surface area contributed by atoms with Crippen molar-refractivity contribution in [3.63, 3.8) is 0 Å². The van der Waals surface area contributed by atoms with Crippen LogP contribution in [-0.2, 0) is 31.9 Å². The van der Waals surface area contributed by atoms with Crippen molar-refractivity contribution in [2.45, 2.75) is 24.9 Å². The van der Waals surface area contributed by atoms with E-state index in [-0.39, 0.29) is 24.6 Å². The Kier molecular flexibility index (Phi) is 8.02. The molecule has 2 heterocycles. The van der Waals surface area contributed by atoms with Gasteiger partial charge in [0.1, 0.15) is 24.6 Å². The van der Waals surface area contributed by atoms with Crippen molar-refractivity contribution < 1.29 is 28.7 Å². The minimum atomic E-state index is -0.884. The molecule has 0 radical (unpaired) electrons. The van der Waals surface area contributed by atoms with Gasteiger partial charge < -0.3 is 20.1 Å². The first-order chi connectivity index (χ1) is 17.5. The number of hydrogen-bond donors (Lipinski definition) is 2. The smallest absolute Gasteiger partial charge is 0.357 e. The average Bonchev–Trinajstić information content (AvgIpc) is 2.90. The molecule has 1 aromatic heterocycles. The first-order valence-electron chi connectivity index (χ1n) is 11.5. The van der Waals surface area contributed by atoms with Gasteiger partial charge in [0.2, 0.25) is 0 Å². The van der Waals surface area contributed by atoms with Gasteiger partial charge in [-0.1, -0.05) is 66.7 Å². The largest absolute Gasteiger partial charge is 0.459 e. The fourth-order valence-corrected chi connectivity index (χ4v) is 3.76. The van der Waals surface area contributed by atoms with Gasteiger partial charge >= 0.3 is 23.8 Å². The van der Waals surface area contributed by atoms with E-state index in [1.54, 1.807) is 0 Å². The van der Waals surface area contributed by atoms with E-state index in [1.165, 1.54) is 18.2 Å². The van der Waals surface area contributed by atoms with Gasteiger partial charge in [-0.15, -0.1) is 0 Å². The van der Waals surface area contributed by atoms with E-state index in [0.29, 0.717) is 12.8 Å². The van der Waals surface area contributed by atoms with E-state index in [1.807, 2.05) is 60.7 Å². The molecule has 36 heavy (non-hydrogen) atoms. The van der Waals surface area contributed by atoms with Crippen LogP contribution in [0.15, 0.2) is 78.9 Å². The number of esters is 2. The summed E-state index contributed by atoms with van der Waals surface area (Å²) in [5, 5.41) is 5.30. The maximum Gasteiger partial charge on any atom is 0.357 e. The van der Waals surface area contributed by atoms with Crippen LogP contribution in [0, 0.1) is 0 Å². The van der Waals surface area contributed by atoms with Gasteiger partial charge in [-0.25, -0.2) is 14.6 Å². The second-order valence-electron chi connectivity index (χ2n) is 8.33. The first kappa shape index (κ1) is 24.6. The summed E-state index contributed by atoms with van der Waals surface area (Å²) in [4.78, 5) is 54.8. The van der Waals surface area contributed by atoms with Gasteiger partial charge in [0.25, 0.3) is 0 Å². The minimum absolute atomic E-state index is 0.0702. The molecular weight excluding hydrogens is 462 g/mol. The highest BCUT2D eigenvalue weighted by Gasteiger charge is 2.25. The van der Waals surface area contributed by atoms with Crippen LogP contribution in [0.1, 0.15) is 32.1 Å². The number of ether oxygens (including phenoxy) is 2. The van der Waals surface area contributed by atoms with Crippen molar-refractivity contribution in [3.8, 4) is 0 Å². The lowest BCUT2D eigenvalue weighted by molar-refractivity contribution is -0.140. The maximum absolute atomic E-state index is 12.8. The van der Waals surface area contributed by atoms with E-state index in [9.17, 15) is 19.2 Å². The van der Waals surface area contributed by atoms with E-state index >= 15 is 0 Å². The van der Waals surface area contributed by atoms with Crippen molar-refractivity contribution in [1.29, 1.82) is 0 Å². The second-order valence-corrected chi connectivity index (χ2v) is 8.33. The van der Waals surface area contributed by atoms with Gasteiger partial charge in [0.05, 0.1) is 12.1 Å². The molecule has 0 fully saturated rings. The minimum Gasteiger partial charge on any atom is -0.459 e. The second kappa shape index (κ2) is 11.7. The summed E-state index contributed by atoms with van der Waals surface area (Å²) in [6, 6.07) is 21.6. The van der Waals surface area contributed by atoms with Crippen LogP contribution in [-0.4, -0.2) is 54.0 Å². The Morgan fingerprint density at radius 3 is 1.44 bits per heavy atom. The van der Waals surface area contributed by atoms with Crippen LogP contribution < -0.4 is 10.6 Å². The molecule has 0 spiro atoms. The summed E-state index contributed by atoms with van der Waals surface area (Å²) in [6.45, 7) is -0.396. The molecule has 2 atom stereocenters. The molecule has 2 bridgehead atoms. The molecule has 0 unspecified atom stereocenters. The zero-order valence-electron chi connectivity index (χ0n) is 19.4. The van der Waals surface area contributed by atoms with Crippen molar-refractivity contribution in [2.75, 3.05) is 13.2 Å². The zero-order chi connectivity index (χ0) is 25.3. The molecule has 4 rings (SSSR count). The van der Waals surface area contributed by atoms with Crippen LogP contribution in [0.4, 0.5) is 0 Å². The number of nitrogens with zero attached hydrogens (tertiary/aromatic N) is 1. The number of fused-ring (bicyclic) bond motifs is 2. The van der Waals surface area contributed by atoms with Crippen LogP contribution in [0.2, 0.25) is 0 Å². The van der Waals surface area contributed by atoms with E-state index in [0.717, 1.165) is 11.1 Å². The predicted molar refractivity (Wildman–Crippen MR) is 129 cm³/mol. The van der Waals surface area contributed by atoms with Gasteiger partial charge in [0, 0.05) is 0 Å². The fourth-order valence-electron chi connectivity index (χ4n) is 3.76. The number of rotatable bonds is 4. The van der Waals surface area contributed by atoms with E-state index in [4.69, 9.17) is 9.47 Å². The molecule has 0 saturated carbocycles. The Morgan fingerprint density at radius 1 is 0.611 bits per heavy atom. The Morgan fingerprint density at radius 2 is 1.03 bits per heavy atom. The number of carbonyl (C=O) groups is 4. The SMILES string of the molecule is O=C1N[C@@H](Cc2ccccc2)COC(=O)c2cccc(n2)C(=O)OC[C@H](Cc2ccccc2)NC1=O. The highest BCUT2D eigenvalue weighted by molar-refractivity contribution is 6.35. The number of pyridine rings is 1. The third-order valence-corrected chi connectivity index (χ3v) is 5.53. The van der Waals surface area contributed by atoms with Gasteiger partial charge in [-0.2, -0.15) is 0 Å². The standard InChI is InChI=1S/C27H25N3O6/c31-24-25(32)29-21(15-19-10-5-2-6-11-19)17-36-27(34)23-13-7-12-22(30-23)26(33)35-16-20(28-24)14-18-8-3-1-4-9-18/h1-13,20-21H,14-17H2,(H,28,31)(H,29,32)/t20-,21-/m0/s1. The van der Waals surface area contributed by atoms with E-state index < -0.39 is 35.8 Å². The monoisotopic (exact) mass is 487 g/mol. The summed E-state index contributed by atoms with van der Waals surface area (Å²) in [6.07, 6.45) is 0.658. The molecule has 2 N–H and O–H groups in total. The number of aromatic nitrogens is 1. The summed E-state index contributed by atoms with van der Waals surface area (Å²) in [5.41, 5.74) is 1.63. The number of hydrogen-bond acceptors (Lipinski definition) is 7. The average molecular weight is 488 g/mol. The molecule has 1 aliphatic rings. The lowest BCUT2D eigenvalue weighted by Crippen LogP contribution is -2.51. The molecule has 3 aromatic rings. The van der Waals surface area contributed by atoms with Crippen molar-refractivity contribution in [1.82, 2.24) is 15.6 Å². The van der Waals surface area contributed by atoms with Crippen LogP contribution in [0.5, 0.6) is 0 Å². The summed E-state index contributed by atoms with van der Waals surface area (Å²) in [5.74, 6) is -3.30. The number of amides is 2. The summed E-state index contributed by atoms with van der Waals surface area (Å²) >= 11 is 0. The molecule has 9 nitrogen and oxygen atoms in total. The highest BCUT2D eigenvalue weighted by Crippen LogP contribution is 2.09. The Bertz CT molecular complexity index is 1140. The lowest BCUT2D eigenvalue weighted by Gasteiger charge is -2.21. The normalized spacial score (nSPS) is 19.1. The van der Waals surface area contributed by atoms with Crippen molar-refractivity contribution >= 4 is 23.8 Å². The molecule has 1 aliphatic heterocycles. The molecule has 0 aliphatic carbocycles. The van der Waals surface area contributed by atoms with E-state index in [2.05, 4.69) is 15.6 Å². The number of cyclic esters (lactones) is 2. The molecular formula is C27H25N3O6. The molecule has 0 saturated heterocycles. The van der Waals surface area contributed by atoms with Crippen LogP contribution >= 0.6 is 0 Å². The van der Waals surface area contributed by atoms with Gasteiger partial charge in [-0.3, -0.25) is 9.59 Å². The third-order valence-electron chi connectivity index (χ3n) is 5.53. The summed E-state index contributed by atoms with van der Waals surface area (Å²) in [7, 11) is 0. The third kappa shape index (κ3) is 6.75. The van der Waals surface area contributed by atoms with Crippen molar-refractivity contribution in [2.24, 2.45) is 0 Å². The predicted octanol–water partition coefficient (Wildman–Crippen LogP) is 1.86. The van der Waals surface area contributed by atoms with Gasteiger partial charge in [-0.05, 0) is 36.1 Å². The van der Waals surface area contributed by atoms with Gasteiger partial charge in [0.15, 0.2) is 0 Å². The Labute approximate surface area is 207 Å². The van der Waals surface area contributed by atoms with Crippen LogP contribution in [0.3, 0.4) is 0 Å². The molecule has 184 valence electrons. The quantitative estimate of drug-likeness (QED) is 0.425. The molecule has 2 amide bonds. The Balaban J connectivity index is 1.59. The topological polar surface area (TPSA) is 124 Å². The number of nitrogens with one attached hydrogen (secondary N) is 2. The number of carbonyl (C=O) groups excluding carboxylic acids is 4. The number of benzene rings is 2. The Hall–Kier alpha value is -4.53. The van der Waals surface area contributed by atoms with Crippen molar-refractivity contribution in [3.05, 3.63) is 101 Å². The van der Waals surface area contributed by atoms with Crippen LogP contribution in [0.25, 0.3) is 0 Å². The fraction of sp³-hybridized carbons (Fsp3) is 0.222. The molecule has 9 heteroatoms. The highest BCUT2D eigenvalue weighted by atomic mass is 16.5. The maximum atomic E-state index is 12.8.